The van der Waals surface area contributed by atoms with Crippen LogP contribution in [0.5, 0.6) is 0 Å². The zero-order valence-electron chi connectivity index (χ0n) is 12.2. The van der Waals surface area contributed by atoms with Gasteiger partial charge in [-0.3, -0.25) is 15.0 Å². The number of aryl methyl sites for hydroxylation is 1. The van der Waals surface area contributed by atoms with Crippen molar-refractivity contribution in [2.24, 2.45) is 0 Å². The Morgan fingerprint density at radius 2 is 2.05 bits per heavy atom. The predicted molar refractivity (Wildman–Crippen MR) is 80.3 cm³/mol. The van der Waals surface area contributed by atoms with Gasteiger partial charge in [-0.25, -0.2) is 4.79 Å². The molecule has 2 rings (SSSR count). The Morgan fingerprint density at radius 3 is 2.62 bits per heavy atom. The van der Waals surface area contributed by atoms with Crippen molar-refractivity contribution < 1.29 is 9.59 Å². The highest BCUT2D eigenvalue weighted by molar-refractivity contribution is 7.15. The van der Waals surface area contributed by atoms with E-state index in [2.05, 4.69) is 31.0 Å². The normalized spacial score (nSPS) is 16.5. The molecule has 0 aromatic carbocycles. The lowest BCUT2D eigenvalue weighted by Gasteiger charge is -2.31. The number of hydrogen-bond donors (Lipinski definition) is 3. The number of piperidine rings is 1. The molecule has 1 fully saturated rings. The SMILES string of the molecule is CNC(=O)CN1CCC(NC(=O)Nc2nnc(C)s2)CC1. The van der Waals surface area contributed by atoms with Crippen LogP contribution >= 0.6 is 11.3 Å². The van der Waals surface area contributed by atoms with E-state index in [1.807, 2.05) is 6.92 Å². The van der Waals surface area contributed by atoms with Crippen molar-refractivity contribution in [2.45, 2.75) is 25.8 Å². The number of anilines is 1. The van der Waals surface area contributed by atoms with E-state index in [-0.39, 0.29) is 18.0 Å². The minimum Gasteiger partial charge on any atom is -0.358 e. The average Bonchev–Trinajstić information content (AvgIpc) is 2.86. The highest BCUT2D eigenvalue weighted by Crippen LogP contribution is 2.14. The van der Waals surface area contributed by atoms with Gasteiger partial charge in [0.1, 0.15) is 5.01 Å². The fourth-order valence-corrected chi connectivity index (χ4v) is 2.77. The molecule has 21 heavy (non-hydrogen) atoms. The lowest BCUT2D eigenvalue weighted by Crippen LogP contribution is -2.48. The van der Waals surface area contributed by atoms with E-state index < -0.39 is 0 Å². The van der Waals surface area contributed by atoms with Crippen molar-refractivity contribution in [3.8, 4) is 0 Å². The maximum absolute atomic E-state index is 11.8. The average molecular weight is 312 g/mol. The number of aromatic nitrogens is 2. The van der Waals surface area contributed by atoms with E-state index in [9.17, 15) is 9.59 Å². The molecule has 116 valence electrons. The molecule has 0 bridgehead atoms. The van der Waals surface area contributed by atoms with Gasteiger partial charge in [0.05, 0.1) is 6.54 Å². The second kappa shape index (κ2) is 7.32. The van der Waals surface area contributed by atoms with E-state index in [1.165, 1.54) is 11.3 Å². The first kappa shape index (κ1) is 15.6. The van der Waals surface area contributed by atoms with Crippen molar-refractivity contribution >= 4 is 28.4 Å². The van der Waals surface area contributed by atoms with Gasteiger partial charge in [0.25, 0.3) is 0 Å². The van der Waals surface area contributed by atoms with Gasteiger partial charge < -0.3 is 10.6 Å². The van der Waals surface area contributed by atoms with Gasteiger partial charge in [0.2, 0.25) is 11.0 Å². The highest BCUT2D eigenvalue weighted by Gasteiger charge is 2.22. The van der Waals surface area contributed by atoms with Crippen molar-refractivity contribution in [3.05, 3.63) is 5.01 Å². The molecule has 9 heteroatoms. The Morgan fingerprint density at radius 1 is 1.33 bits per heavy atom. The molecule has 3 amide bonds. The fourth-order valence-electron chi connectivity index (χ4n) is 2.18. The third kappa shape index (κ3) is 4.94. The molecule has 0 radical (unpaired) electrons. The summed E-state index contributed by atoms with van der Waals surface area (Å²) >= 11 is 1.34. The Balaban J connectivity index is 1.70. The molecular formula is C12H20N6O2S. The Labute approximate surface area is 127 Å². The molecule has 8 nitrogen and oxygen atoms in total. The maximum Gasteiger partial charge on any atom is 0.321 e. The van der Waals surface area contributed by atoms with Crippen molar-refractivity contribution in [2.75, 3.05) is 32.0 Å². The Kier molecular flexibility index (Phi) is 5.45. The van der Waals surface area contributed by atoms with Crippen LogP contribution in [0.25, 0.3) is 0 Å². The van der Waals surface area contributed by atoms with E-state index in [4.69, 9.17) is 0 Å². The molecule has 1 aliphatic heterocycles. The van der Waals surface area contributed by atoms with E-state index in [0.717, 1.165) is 30.9 Å². The monoisotopic (exact) mass is 312 g/mol. The summed E-state index contributed by atoms with van der Waals surface area (Å²) in [5, 5.41) is 17.2. The van der Waals surface area contributed by atoms with Gasteiger partial charge in [-0.1, -0.05) is 11.3 Å². The minimum atomic E-state index is -0.254. The summed E-state index contributed by atoms with van der Waals surface area (Å²) < 4.78 is 0. The van der Waals surface area contributed by atoms with Crippen LogP contribution < -0.4 is 16.0 Å². The number of nitrogens with zero attached hydrogens (tertiary/aromatic N) is 3. The molecule has 3 N–H and O–H groups in total. The Hall–Kier alpha value is -1.74. The summed E-state index contributed by atoms with van der Waals surface area (Å²) in [4.78, 5) is 25.2. The number of amides is 3. The summed E-state index contributed by atoms with van der Waals surface area (Å²) in [7, 11) is 1.64. The number of hydrogen-bond acceptors (Lipinski definition) is 6. The molecule has 0 unspecified atom stereocenters. The predicted octanol–water partition coefficient (Wildman–Crippen LogP) is 0.178. The largest absolute Gasteiger partial charge is 0.358 e. The number of urea groups is 1. The summed E-state index contributed by atoms with van der Waals surface area (Å²) in [6, 6.07) is -0.129. The molecule has 1 aromatic heterocycles. The standard InChI is InChI=1S/C12H20N6O2S/c1-8-16-17-12(21-8)15-11(20)14-9-3-5-18(6-4-9)7-10(19)13-2/h9H,3-7H2,1-2H3,(H,13,19)(H2,14,15,17,20). The lowest BCUT2D eigenvalue weighted by atomic mass is 10.1. The highest BCUT2D eigenvalue weighted by atomic mass is 32.1. The summed E-state index contributed by atoms with van der Waals surface area (Å²) in [5.74, 6) is 0.0193. The molecule has 1 aliphatic rings. The van der Waals surface area contributed by atoms with Crippen LogP contribution in [0.4, 0.5) is 9.93 Å². The number of rotatable bonds is 4. The quantitative estimate of drug-likeness (QED) is 0.736. The smallest absolute Gasteiger partial charge is 0.321 e. The van der Waals surface area contributed by atoms with Crippen LogP contribution in [0.1, 0.15) is 17.8 Å². The number of carbonyl (C=O) groups excluding carboxylic acids is 2. The molecular weight excluding hydrogens is 292 g/mol. The van der Waals surface area contributed by atoms with Crippen LogP contribution in [0.15, 0.2) is 0 Å². The molecule has 0 aliphatic carbocycles. The van der Waals surface area contributed by atoms with E-state index in [0.29, 0.717) is 11.7 Å². The summed E-state index contributed by atoms with van der Waals surface area (Å²) in [6.07, 6.45) is 1.67. The van der Waals surface area contributed by atoms with Gasteiger partial charge in [-0.15, -0.1) is 10.2 Å². The second-order valence-corrected chi connectivity index (χ2v) is 6.13. The third-order valence-corrected chi connectivity index (χ3v) is 4.07. The minimum absolute atomic E-state index is 0.0193. The Bertz CT molecular complexity index is 498. The van der Waals surface area contributed by atoms with Crippen LogP contribution in [0.3, 0.4) is 0 Å². The lowest BCUT2D eigenvalue weighted by molar-refractivity contribution is -0.122. The first-order valence-corrected chi connectivity index (χ1v) is 7.69. The van der Waals surface area contributed by atoms with Crippen molar-refractivity contribution in [1.29, 1.82) is 0 Å². The van der Waals surface area contributed by atoms with Crippen LogP contribution in [-0.4, -0.2) is 59.8 Å². The number of nitrogens with one attached hydrogen (secondary N) is 3. The first-order chi connectivity index (χ1) is 10.1. The molecule has 1 saturated heterocycles. The summed E-state index contributed by atoms with van der Waals surface area (Å²) in [6.45, 7) is 3.86. The zero-order valence-corrected chi connectivity index (χ0v) is 13.0. The van der Waals surface area contributed by atoms with Crippen molar-refractivity contribution in [1.82, 2.24) is 25.7 Å². The number of likely N-dealkylation sites (N-methyl/N-ethyl adjacent to an activating group) is 1. The third-order valence-electron chi connectivity index (χ3n) is 3.32. The maximum atomic E-state index is 11.8. The van der Waals surface area contributed by atoms with Crippen LogP contribution in [-0.2, 0) is 4.79 Å². The topological polar surface area (TPSA) is 99.2 Å². The van der Waals surface area contributed by atoms with E-state index >= 15 is 0 Å². The summed E-state index contributed by atoms with van der Waals surface area (Å²) in [5.41, 5.74) is 0. The zero-order chi connectivity index (χ0) is 15.2. The second-order valence-electron chi connectivity index (χ2n) is 4.95. The molecule has 0 atom stereocenters. The van der Waals surface area contributed by atoms with Gasteiger partial charge >= 0.3 is 6.03 Å². The number of carbonyl (C=O) groups is 2. The number of likely N-dealkylation sites (tertiary alicyclic amines) is 1. The van der Waals surface area contributed by atoms with Crippen molar-refractivity contribution in [3.63, 3.8) is 0 Å². The molecule has 0 saturated carbocycles. The molecule has 0 spiro atoms. The fraction of sp³-hybridized carbons (Fsp3) is 0.667. The molecule has 2 heterocycles. The first-order valence-electron chi connectivity index (χ1n) is 6.87. The van der Waals surface area contributed by atoms with Gasteiger partial charge in [-0.05, 0) is 19.8 Å². The van der Waals surface area contributed by atoms with Crippen LogP contribution in [0.2, 0.25) is 0 Å². The van der Waals surface area contributed by atoms with Crippen LogP contribution in [0, 0.1) is 6.92 Å². The van der Waals surface area contributed by atoms with Gasteiger partial charge in [0.15, 0.2) is 0 Å². The van der Waals surface area contributed by atoms with E-state index in [1.54, 1.807) is 7.05 Å². The van der Waals surface area contributed by atoms with Gasteiger partial charge in [0, 0.05) is 26.2 Å². The van der Waals surface area contributed by atoms with Gasteiger partial charge in [-0.2, -0.15) is 0 Å². The molecule has 1 aromatic rings.